The smallest absolute Gasteiger partial charge is 0.0207 e. The van der Waals surface area contributed by atoms with E-state index in [-0.39, 0.29) is 0 Å². The Hall–Kier alpha value is -0.600. The lowest BCUT2D eigenvalue weighted by Gasteiger charge is -2.15. The topological polar surface area (TPSA) is 0 Å². The van der Waals surface area contributed by atoms with Gasteiger partial charge in [-0.1, -0.05) is 80.4 Å². The van der Waals surface area contributed by atoms with Gasteiger partial charge < -0.3 is 0 Å². The molecular weight excluding hydrogens is 376 g/mol. The number of benzene rings is 2. The molecule has 104 valence electrons. The highest BCUT2D eigenvalue weighted by Crippen LogP contribution is 2.53. The first-order valence-corrected chi connectivity index (χ1v) is 9.05. The van der Waals surface area contributed by atoms with Crippen molar-refractivity contribution in [3.63, 3.8) is 0 Å². The molecule has 2 aromatic carbocycles. The summed E-state index contributed by atoms with van der Waals surface area (Å²) in [5, 5.41) is 1.09. The SMILES string of the molecule is BrCC(Cc1ccccc1Br)C1CC1c1ccccc1. The summed E-state index contributed by atoms with van der Waals surface area (Å²) >= 11 is 7.39. The third kappa shape index (κ3) is 3.17. The van der Waals surface area contributed by atoms with E-state index in [1.807, 2.05) is 0 Å². The second-order valence-electron chi connectivity index (χ2n) is 5.63. The summed E-state index contributed by atoms with van der Waals surface area (Å²) in [4.78, 5) is 0. The first-order valence-electron chi connectivity index (χ1n) is 7.14. The monoisotopic (exact) mass is 392 g/mol. The van der Waals surface area contributed by atoms with E-state index in [9.17, 15) is 0 Å². The standard InChI is InChI=1S/C18H18Br2/c19-12-15(10-14-8-4-5-9-18(14)20)17-11-16(17)13-6-2-1-3-7-13/h1-9,15-17H,10-12H2. The Morgan fingerprint density at radius 1 is 1.00 bits per heavy atom. The molecule has 0 saturated heterocycles. The lowest BCUT2D eigenvalue weighted by Crippen LogP contribution is -2.10. The van der Waals surface area contributed by atoms with Gasteiger partial charge in [-0.05, 0) is 47.8 Å². The molecule has 0 bridgehead atoms. The van der Waals surface area contributed by atoms with Crippen LogP contribution in [0.5, 0.6) is 0 Å². The zero-order valence-corrected chi connectivity index (χ0v) is 14.5. The molecule has 0 nitrogen and oxygen atoms in total. The molecule has 0 heterocycles. The first-order chi connectivity index (χ1) is 9.79. The molecule has 2 heteroatoms. The van der Waals surface area contributed by atoms with E-state index < -0.39 is 0 Å². The van der Waals surface area contributed by atoms with Crippen LogP contribution in [0, 0.1) is 11.8 Å². The van der Waals surface area contributed by atoms with Gasteiger partial charge in [0.1, 0.15) is 0 Å². The van der Waals surface area contributed by atoms with Crippen molar-refractivity contribution < 1.29 is 0 Å². The van der Waals surface area contributed by atoms with Crippen molar-refractivity contribution in [2.75, 3.05) is 5.33 Å². The van der Waals surface area contributed by atoms with Gasteiger partial charge in [0.25, 0.3) is 0 Å². The molecule has 0 aliphatic heterocycles. The van der Waals surface area contributed by atoms with Crippen LogP contribution in [-0.4, -0.2) is 5.33 Å². The second kappa shape index (κ2) is 6.44. The van der Waals surface area contributed by atoms with Crippen molar-refractivity contribution in [3.05, 3.63) is 70.2 Å². The molecule has 0 radical (unpaired) electrons. The normalized spacial score (nSPS) is 22.5. The maximum atomic E-state index is 3.72. The molecule has 0 N–H and O–H groups in total. The van der Waals surface area contributed by atoms with E-state index >= 15 is 0 Å². The quantitative estimate of drug-likeness (QED) is 0.562. The summed E-state index contributed by atoms with van der Waals surface area (Å²) in [6, 6.07) is 19.5. The van der Waals surface area contributed by atoms with Crippen LogP contribution >= 0.6 is 31.9 Å². The molecule has 1 saturated carbocycles. The first kappa shape index (κ1) is 14.3. The van der Waals surface area contributed by atoms with Gasteiger partial charge in [-0.3, -0.25) is 0 Å². The molecule has 1 aliphatic rings. The van der Waals surface area contributed by atoms with Crippen molar-refractivity contribution >= 4 is 31.9 Å². The van der Waals surface area contributed by atoms with Crippen LogP contribution in [0.2, 0.25) is 0 Å². The summed E-state index contributed by atoms with van der Waals surface area (Å²) in [5.41, 5.74) is 2.94. The summed E-state index contributed by atoms with van der Waals surface area (Å²) in [6.45, 7) is 0. The van der Waals surface area contributed by atoms with Crippen molar-refractivity contribution in [2.24, 2.45) is 11.8 Å². The van der Waals surface area contributed by atoms with Crippen LogP contribution in [0.4, 0.5) is 0 Å². The molecular formula is C18H18Br2. The average molecular weight is 394 g/mol. The molecule has 1 aliphatic carbocycles. The fourth-order valence-electron chi connectivity index (χ4n) is 3.09. The summed E-state index contributed by atoms with van der Waals surface area (Å²) in [5.74, 6) is 2.31. The van der Waals surface area contributed by atoms with Gasteiger partial charge in [0.05, 0.1) is 0 Å². The molecule has 3 unspecified atom stereocenters. The van der Waals surface area contributed by atoms with Crippen molar-refractivity contribution in [3.8, 4) is 0 Å². The van der Waals surface area contributed by atoms with Crippen LogP contribution in [0.25, 0.3) is 0 Å². The number of halogens is 2. The van der Waals surface area contributed by atoms with Crippen molar-refractivity contribution in [1.29, 1.82) is 0 Å². The zero-order valence-electron chi connectivity index (χ0n) is 11.3. The molecule has 0 amide bonds. The Kier molecular flexibility index (Phi) is 4.62. The predicted molar refractivity (Wildman–Crippen MR) is 92.4 cm³/mol. The van der Waals surface area contributed by atoms with Crippen LogP contribution in [-0.2, 0) is 6.42 Å². The van der Waals surface area contributed by atoms with Crippen molar-refractivity contribution in [1.82, 2.24) is 0 Å². The fraction of sp³-hybridized carbons (Fsp3) is 0.333. The largest absolute Gasteiger partial charge is 0.0925 e. The minimum Gasteiger partial charge on any atom is -0.0925 e. The van der Waals surface area contributed by atoms with Crippen LogP contribution in [0.15, 0.2) is 59.1 Å². The maximum absolute atomic E-state index is 3.72. The van der Waals surface area contributed by atoms with Gasteiger partial charge in [0, 0.05) is 9.80 Å². The van der Waals surface area contributed by atoms with Gasteiger partial charge in [-0.15, -0.1) is 0 Å². The summed E-state index contributed by atoms with van der Waals surface area (Å²) < 4.78 is 1.24. The molecule has 3 atom stereocenters. The van der Waals surface area contributed by atoms with E-state index in [1.165, 1.54) is 22.0 Å². The summed E-state index contributed by atoms with van der Waals surface area (Å²) in [7, 11) is 0. The number of hydrogen-bond donors (Lipinski definition) is 0. The lowest BCUT2D eigenvalue weighted by atomic mass is 9.94. The van der Waals surface area contributed by atoms with Crippen LogP contribution < -0.4 is 0 Å². The highest BCUT2D eigenvalue weighted by molar-refractivity contribution is 9.10. The van der Waals surface area contributed by atoms with E-state index in [0.29, 0.717) is 0 Å². The highest BCUT2D eigenvalue weighted by atomic mass is 79.9. The number of hydrogen-bond acceptors (Lipinski definition) is 0. The predicted octanol–water partition coefficient (Wildman–Crippen LogP) is 5.81. The van der Waals surface area contributed by atoms with E-state index in [2.05, 4.69) is 86.5 Å². The Morgan fingerprint density at radius 2 is 1.70 bits per heavy atom. The Balaban J connectivity index is 1.69. The maximum Gasteiger partial charge on any atom is 0.0207 e. The van der Waals surface area contributed by atoms with Gasteiger partial charge in [0.15, 0.2) is 0 Å². The average Bonchev–Trinajstić information content (AvgIpc) is 3.28. The summed E-state index contributed by atoms with van der Waals surface area (Å²) in [6.07, 6.45) is 2.49. The van der Waals surface area contributed by atoms with Gasteiger partial charge >= 0.3 is 0 Å². The fourth-order valence-corrected chi connectivity index (χ4v) is 4.24. The van der Waals surface area contributed by atoms with Gasteiger partial charge in [-0.25, -0.2) is 0 Å². The Labute approximate surface area is 137 Å². The molecule has 0 spiro atoms. The van der Waals surface area contributed by atoms with Crippen LogP contribution in [0.3, 0.4) is 0 Å². The van der Waals surface area contributed by atoms with E-state index in [0.717, 1.165) is 29.5 Å². The van der Waals surface area contributed by atoms with E-state index in [4.69, 9.17) is 0 Å². The van der Waals surface area contributed by atoms with Crippen LogP contribution in [0.1, 0.15) is 23.5 Å². The molecule has 3 rings (SSSR count). The molecule has 1 fully saturated rings. The Morgan fingerprint density at radius 3 is 2.40 bits per heavy atom. The van der Waals surface area contributed by atoms with Gasteiger partial charge in [0.2, 0.25) is 0 Å². The third-order valence-electron chi connectivity index (χ3n) is 4.31. The van der Waals surface area contributed by atoms with E-state index in [1.54, 1.807) is 0 Å². The second-order valence-corrected chi connectivity index (χ2v) is 7.13. The Bertz CT molecular complexity index is 565. The lowest BCUT2D eigenvalue weighted by molar-refractivity contribution is 0.506. The molecule has 20 heavy (non-hydrogen) atoms. The molecule has 0 aromatic heterocycles. The highest BCUT2D eigenvalue weighted by Gasteiger charge is 2.43. The zero-order chi connectivity index (χ0) is 13.9. The van der Waals surface area contributed by atoms with Crippen molar-refractivity contribution in [2.45, 2.75) is 18.8 Å². The minimum atomic E-state index is 0.721. The molecule has 2 aromatic rings. The number of rotatable bonds is 5. The minimum absolute atomic E-state index is 0.721. The van der Waals surface area contributed by atoms with Gasteiger partial charge in [-0.2, -0.15) is 0 Å². The number of alkyl halides is 1. The third-order valence-corrected chi connectivity index (χ3v) is 5.92.